The highest BCUT2D eigenvalue weighted by molar-refractivity contribution is 9.10. The highest BCUT2D eigenvalue weighted by atomic mass is 79.9. The molecule has 1 aliphatic rings. The molecule has 22 heavy (non-hydrogen) atoms. The first-order chi connectivity index (χ1) is 10.7. The summed E-state index contributed by atoms with van der Waals surface area (Å²) >= 11 is 3.46. The number of hydrogen-bond donors (Lipinski definition) is 0. The Labute approximate surface area is 137 Å². The highest BCUT2D eigenvalue weighted by Gasteiger charge is 2.17. The number of rotatable bonds is 4. The first-order valence-corrected chi connectivity index (χ1v) is 7.83. The van der Waals surface area contributed by atoms with Gasteiger partial charge in [-0.1, -0.05) is 15.9 Å². The Morgan fingerprint density at radius 2 is 2.00 bits per heavy atom. The second-order valence-corrected chi connectivity index (χ2v) is 5.78. The quantitative estimate of drug-likeness (QED) is 0.745. The van der Waals surface area contributed by atoms with Gasteiger partial charge in [-0.2, -0.15) is 0 Å². The van der Waals surface area contributed by atoms with Crippen LogP contribution in [0.2, 0.25) is 0 Å². The summed E-state index contributed by atoms with van der Waals surface area (Å²) < 4.78 is 17.5. The van der Waals surface area contributed by atoms with Gasteiger partial charge in [-0.15, -0.1) is 0 Å². The molecule has 0 radical (unpaired) electrons. The number of aryl methyl sites for hydroxylation is 1. The van der Waals surface area contributed by atoms with Crippen LogP contribution in [0.1, 0.15) is 18.1 Å². The molecule has 0 aliphatic carbocycles. The van der Waals surface area contributed by atoms with Gasteiger partial charge in [0.05, 0.1) is 12.3 Å². The molecule has 0 bridgehead atoms. The Kier molecular flexibility index (Phi) is 4.34. The third-order valence-electron chi connectivity index (χ3n) is 3.31. The summed E-state index contributed by atoms with van der Waals surface area (Å²) in [6.07, 6.45) is 1.79. The molecule has 0 saturated heterocycles. The van der Waals surface area contributed by atoms with Gasteiger partial charge in [0.15, 0.2) is 11.5 Å². The van der Waals surface area contributed by atoms with Crippen LogP contribution in [-0.2, 0) is 0 Å². The summed E-state index contributed by atoms with van der Waals surface area (Å²) in [4.78, 5) is 4.56. The summed E-state index contributed by atoms with van der Waals surface area (Å²) in [5, 5.41) is 0. The summed E-state index contributed by atoms with van der Waals surface area (Å²) in [5.74, 6) is 2.17. The average molecular weight is 362 g/mol. The number of fused-ring (bicyclic) bond motifs is 1. The van der Waals surface area contributed by atoms with E-state index in [1.165, 1.54) is 0 Å². The number of halogens is 1. The van der Waals surface area contributed by atoms with Crippen LogP contribution in [0.3, 0.4) is 0 Å². The standard InChI is InChI=1S/C17H16BrNO3/c1-3-20-15-8-17-16(21-10-22-17)7-12(15)9-19-14-5-4-13(18)6-11(14)2/h4-9H,3,10H2,1-2H3. The van der Waals surface area contributed by atoms with Gasteiger partial charge in [0.25, 0.3) is 0 Å². The number of nitrogens with zero attached hydrogens (tertiary/aromatic N) is 1. The summed E-state index contributed by atoms with van der Waals surface area (Å²) in [7, 11) is 0. The van der Waals surface area contributed by atoms with Crippen molar-refractivity contribution in [2.75, 3.05) is 13.4 Å². The van der Waals surface area contributed by atoms with Crippen LogP contribution in [0.4, 0.5) is 5.69 Å². The van der Waals surface area contributed by atoms with Gasteiger partial charge in [0.2, 0.25) is 6.79 Å². The van der Waals surface area contributed by atoms with Gasteiger partial charge in [-0.3, -0.25) is 4.99 Å². The zero-order valence-electron chi connectivity index (χ0n) is 12.4. The van der Waals surface area contributed by atoms with Crippen molar-refractivity contribution >= 4 is 27.8 Å². The lowest BCUT2D eigenvalue weighted by molar-refractivity contribution is 0.174. The molecule has 0 atom stereocenters. The van der Waals surface area contributed by atoms with E-state index in [1.54, 1.807) is 6.21 Å². The Bertz CT molecular complexity index is 728. The minimum Gasteiger partial charge on any atom is -0.493 e. The fourth-order valence-corrected chi connectivity index (χ4v) is 2.70. The van der Waals surface area contributed by atoms with E-state index in [-0.39, 0.29) is 6.79 Å². The molecule has 0 unspecified atom stereocenters. The Morgan fingerprint density at radius 3 is 2.73 bits per heavy atom. The normalized spacial score (nSPS) is 12.9. The monoisotopic (exact) mass is 361 g/mol. The highest BCUT2D eigenvalue weighted by Crippen LogP contribution is 2.37. The van der Waals surface area contributed by atoms with Crippen molar-refractivity contribution in [3.8, 4) is 17.2 Å². The van der Waals surface area contributed by atoms with Crippen LogP contribution in [0.5, 0.6) is 17.2 Å². The van der Waals surface area contributed by atoms with Crippen LogP contribution >= 0.6 is 15.9 Å². The zero-order chi connectivity index (χ0) is 15.5. The summed E-state index contributed by atoms with van der Waals surface area (Å²) in [6.45, 7) is 4.80. The summed E-state index contributed by atoms with van der Waals surface area (Å²) in [6, 6.07) is 9.73. The van der Waals surface area contributed by atoms with Crippen molar-refractivity contribution in [2.45, 2.75) is 13.8 Å². The lowest BCUT2D eigenvalue weighted by Gasteiger charge is -2.08. The molecule has 1 heterocycles. The third kappa shape index (κ3) is 3.09. The van der Waals surface area contributed by atoms with E-state index >= 15 is 0 Å². The molecule has 0 fully saturated rings. The van der Waals surface area contributed by atoms with Crippen molar-refractivity contribution in [3.63, 3.8) is 0 Å². The predicted octanol–water partition coefficient (Wildman–Crippen LogP) is 4.64. The maximum atomic E-state index is 5.67. The molecule has 0 N–H and O–H groups in total. The van der Waals surface area contributed by atoms with Crippen LogP contribution in [-0.4, -0.2) is 19.6 Å². The molecule has 0 aromatic heterocycles. The average Bonchev–Trinajstić information content (AvgIpc) is 2.93. The van der Waals surface area contributed by atoms with Gasteiger partial charge in [-0.05, 0) is 43.7 Å². The molecule has 114 valence electrons. The maximum Gasteiger partial charge on any atom is 0.231 e. The largest absolute Gasteiger partial charge is 0.493 e. The first-order valence-electron chi connectivity index (χ1n) is 7.04. The smallest absolute Gasteiger partial charge is 0.231 e. The molecule has 0 saturated carbocycles. The lowest BCUT2D eigenvalue weighted by Crippen LogP contribution is -1.96. The fraction of sp³-hybridized carbons (Fsp3) is 0.235. The van der Waals surface area contributed by atoms with Gasteiger partial charge in [0, 0.05) is 22.3 Å². The Balaban J connectivity index is 1.95. The molecular formula is C17H16BrNO3. The molecule has 2 aromatic carbocycles. The maximum absolute atomic E-state index is 5.67. The van der Waals surface area contributed by atoms with Crippen molar-refractivity contribution in [1.82, 2.24) is 0 Å². The van der Waals surface area contributed by atoms with Crippen molar-refractivity contribution in [1.29, 1.82) is 0 Å². The molecular weight excluding hydrogens is 346 g/mol. The van der Waals surface area contributed by atoms with Crippen LogP contribution < -0.4 is 14.2 Å². The minimum atomic E-state index is 0.243. The van der Waals surface area contributed by atoms with E-state index in [0.29, 0.717) is 12.4 Å². The second kappa shape index (κ2) is 6.40. The van der Waals surface area contributed by atoms with Gasteiger partial charge >= 0.3 is 0 Å². The lowest BCUT2D eigenvalue weighted by atomic mass is 10.1. The molecule has 4 nitrogen and oxygen atoms in total. The van der Waals surface area contributed by atoms with Crippen molar-refractivity contribution in [3.05, 3.63) is 45.9 Å². The number of ether oxygens (including phenoxy) is 3. The Hall–Kier alpha value is -2.01. The number of hydrogen-bond acceptors (Lipinski definition) is 4. The molecule has 5 heteroatoms. The predicted molar refractivity (Wildman–Crippen MR) is 89.9 cm³/mol. The van der Waals surface area contributed by atoms with Gasteiger partial charge < -0.3 is 14.2 Å². The summed E-state index contributed by atoms with van der Waals surface area (Å²) in [5.41, 5.74) is 2.89. The fourth-order valence-electron chi connectivity index (χ4n) is 2.22. The van der Waals surface area contributed by atoms with E-state index < -0.39 is 0 Å². The Morgan fingerprint density at radius 1 is 1.23 bits per heavy atom. The van der Waals surface area contributed by atoms with Gasteiger partial charge in [-0.25, -0.2) is 0 Å². The number of benzene rings is 2. The van der Waals surface area contributed by atoms with Crippen LogP contribution in [0.25, 0.3) is 0 Å². The van der Waals surface area contributed by atoms with E-state index in [2.05, 4.69) is 20.9 Å². The van der Waals surface area contributed by atoms with E-state index in [0.717, 1.165) is 32.8 Å². The molecule has 1 aliphatic heterocycles. The second-order valence-electron chi connectivity index (χ2n) is 4.87. The van der Waals surface area contributed by atoms with Crippen LogP contribution in [0.15, 0.2) is 39.8 Å². The minimum absolute atomic E-state index is 0.243. The van der Waals surface area contributed by atoms with E-state index in [9.17, 15) is 0 Å². The first kappa shape index (κ1) is 14.9. The van der Waals surface area contributed by atoms with Crippen molar-refractivity contribution < 1.29 is 14.2 Å². The van der Waals surface area contributed by atoms with Gasteiger partial charge in [0.1, 0.15) is 5.75 Å². The van der Waals surface area contributed by atoms with E-state index in [4.69, 9.17) is 14.2 Å². The van der Waals surface area contributed by atoms with E-state index in [1.807, 2.05) is 44.2 Å². The van der Waals surface area contributed by atoms with Crippen LogP contribution in [0, 0.1) is 6.92 Å². The molecule has 3 rings (SSSR count). The third-order valence-corrected chi connectivity index (χ3v) is 3.80. The SMILES string of the molecule is CCOc1cc2c(cc1C=Nc1ccc(Br)cc1C)OCO2. The van der Waals surface area contributed by atoms with Crippen molar-refractivity contribution in [2.24, 2.45) is 4.99 Å². The number of aliphatic imine (C=N–C) groups is 1. The zero-order valence-corrected chi connectivity index (χ0v) is 14.0. The topological polar surface area (TPSA) is 40.0 Å². The molecule has 0 amide bonds. The molecule has 2 aromatic rings. The molecule has 0 spiro atoms.